The summed E-state index contributed by atoms with van der Waals surface area (Å²) in [5.41, 5.74) is 0.949. The van der Waals surface area contributed by atoms with Crippen molar-refractivity contribution in [3.8, 4) is 5.75 Å². The normalized spacial score (nSPS) is 21.5. The lowest BCUT2D eigenvalue weighted by Crippen LogP contribution is -2.35. The summed E-state index contributed by atoms with van der Waals surface area (Å²) in [6, 6.07) is 9.67. The third-order valence-corrected chi connectivity index (χ3v) is 6.89. The quantitative estimate of drug-likeness (QED) is 0.807. The van der Waals surface area contributed by atoms with Gasteiger partial charge in [-0.1, -0.05) is 17.7 Å². The number of nitrogens with zero attached hydrogens (tertiary/aromatic N) is 1. The van der Waals surface area contributed by atoms with Crippen molar-refractivity contribution in [3.63, 3.8) is 0 Å². The largest absolute Gasteiger partial charge is 0.495 e. The van der Waals surface area contributed by atoms with Gasteiger partial charge in [0.1, 0.15) is 5.75 Å². The zero-order valence-electron chi connectivity index (χ0n) is 14.8. The Morgan fingerprint density at radius 1 is 1.38 bits per heavy atom. The zero-order chi connectivity index (χ0) is 18.1. The van der Waals surface area contributed by atoms with Crippen molar-refractivity contribution in [1.82, 2.24) is 4.90 Å². The third-order valence-electron chi connectivity index (χ3n) is 5.74. The highest BCUT2D eigenvalue weighted by atomic mass is 35.5. The highest BCUT2D eigenvalue weighted by molar-refractivity contribution is 7.09. The van der Waals surface area contributed by atoms with Crippen molar-refractivity contribution in [1.29, 1.82) is 0 Å². The van der Waals surface area contributed by atoms with E-state index in [0.717, 1.165) is 44.6 Å². The molecule has 2 aromatic rings. The van der Waals surface area contributed by atoms with E-state index in [-0.39, 0.29) is 17.2 Å². The van der Waals surface area contributed by atoms with Crippen LogP contribution in [0.15, 0.2) is 35.7 Å². The van der Waals surface area contributed by atoms with Crippen molar-refractivity contribution in [3.05, 3.63) is 45.6 Å². The van der Waals surface area contributed by atoms with E-state index >= 15 is 0 Å². The number of methoxy groups -OCH3 is 1. The van der Waals surface area contributed by atoms with Gasteiger partial charge in [0.05, 0.1) is 12.1 Å². The molecule has 4 rings (SSSR count). The molecule has 1 aromatic carbocycles. The van der Waals surface area contributed by atoms with Gasteiger partial charge in [-0.2, -0.15) is 0 Å². The van der Waals surface area contributed by atoms with Gasteiger partial charge < -0.3 is 10.1 Å². The summed E-state index contributed by atoms with van der Waals surface area (Å²) in [6.07, 6.45) is 3.23. The van der Waals surface area contributed by atoms with Gasteiger partial charge in [-0.25, -0.2) is 0 Å². The van der Waals surface area contributed by atoms with E-state index in [0.29, 0.717) is 10.8 Å². The van der Waals surface area contributed by atoms with E-state index in [9.17, 15) is 4.79 Å². The summed E-state index contributed by atoms with van der Waals surface area (Å²) in [6.45, 7) is 3.20. The van der Waals surface area contributed by atoms with E-state index in [2.05, 4.69) is 27.7 Å². The van der Waals surface area contributed by atoms with Crippen LogP contribution >= 0.6 is 22.9 Å². The number of likely N-dealkylation sites (tertiary alicyclic amines) is 1. The molecule has 4 nitrogen and oxygen atoms in total. The van der Waals surface area contributed by atoms with E-state index in [1.165, 1.54) is 4.88 Å². The lowest BCUT2D eigenvalue weighted by atomic mass is 9.90. The Kier molecular flexibility index (Phi) is 4.95. The number of thiophene rings is 1. The van der Waals surface area contributed by atoms with Crippen LogP contribution in [0.25, 0.3) is 0 Å². The lowest BCUT2D eigenvalue weighted by Gasteiger charge is -2.32. The molecule has 2 fully saturated rings. The second-order valence-corrected chi connectivity index (χ2v) is 8.75. The average molecular weight is 391 g/mol. The number of nitrogens with one attached hydrogen (secondary N) is 1. The van der Waals surface area contributed by atoms with Crippen molar-refractivity contribution >= 4 is 34.5 Å². The monoisotopic (exact) mass is 390 g/mol. The van der Waals surface area contributed by atoms with Crippen LogP contribution < -0.4 is 10.1 Å². The molecule has 1 unspecified atom stereocenters. The number of ether oxygens (including phenoxy) is 1. The van der Waals surface area contributed by atoms with Gasteiger partial charge in [0.25, 0.3) is 0 Å². The molecule has 2 aliphatic rings. The van der Waals surface area contributed by atoms with Crippen LogP contribution in [-0.4, -0.2) is 31.0 Å². The van der Waals surface area contributed by atoms with Crippen LogP contribution in [0.4, 0.5) is 5.69 Å². The maximum absolute atomic E-state index is 12.7. The number of halogens is 1. The molecule has 1 N–H and O–H groups in total. The molecule has 26 heavy (non-hydrogen) atoms. The fraction of sp³-hybridized carbons (Fsp3) is 0.450. The summed E-state index contributed by atoms with van der Waals surface area (Å²) < 4.78 is 5.15. The molecule has 1 aliphatic heterocycles. The summed E-state index contributed by atoms with van der Waals surface area (Å²) in [4.78, 5) is 16.6. The maximum atomic E-state index is 12.7. The Morgan fingerprint density at radius 2 is 2.19 bits per heavy atom. The molecule has 2 heterocycles. The molecule has 1 aliphatic carbocycles. The first-order valence-corrected chi connectivity index (χ1v) is 10.2. The Morgan fingerprint density at radius 3 is 2.85 bits per heavy atom. The first-order chi connectivity index (χ1) is 12.6. The van der Waals surface area contributed by atoms with Crippen LogP contribution in [-0.2, 0) is 11.3 Å². The van der Waals surface area contributed by atoms with E-state index in [1.807, 2.05) is 17.4 Å². The molecule has 6 heteroatoms. The number of carbonyl (C=O) groups excluding carboxylic acids is 1. The first-order valence-electron chi connectivity index (χ1n) is 8.99. The van der Waals surface area contributed by atoms with E-state index < -0.39 is 0 Å². The third kappa shape index (κ3) is 3.61. The van der Waals surface area contributed by atoms with Gasteiger partial charge in [-0.15, -0.1) is 11.3 Å². The Labute approximate surface area is 163 Å². The molecule has 0 radical (unpaired) electrons. The predicted octanol–water partition coefficient (Wildman–Crippen LogP) is 4.65. The number of rotatable bonds is 5. The smallest absolute Gasteiger partial charge is 0.228 e. The molecule has 1 aromatic heterocycles. The van der Waals surface area contributed by atoms with Crippen molar-refractivity contribution < 1.29 is 9.53 Å². The standard InChI is InChI=1S/C20H23ClN2O2S/c1-25-18-5-4-14(11-17(18)21)22-19(24)16-12-20(16)6-8-23(9-7-20)13-15-3-2-10-26-15/h2-5,10-11,16H,6-9,12-13H2,1H3,(H,22,24). The van der Waals surface area contributed by atoms with Gasteiger partial charge in [0, 0.05) is 23.0 Å². The van der Waals surface area contributed by atoms with Crippen molar-refractivity contribution in [2.75, 3.05) is 25.5 Å². The van der Waals surface area contributed by atoms with Crippen LogP contribution in [0.2, 0.25) is 5.02 Å². The first kappa shape index (κ1) is 17.8. The highest BCUT2D eigenvalue weighted by Crippen LogP contribution is 2.59. The number of anilines is 1. The molecule has 1 saturated carbocycles. The number of amides is 1. The summed E-state index contributed by atoms with van der Waals surface area (Å²) >= 11 is 7.96. The number of hydrogen-bond acceptors (Lipinski definition) is 4. The Bertz CT molecular complexity index is 785. The Balaban J connectivity index is 1.30. The molecular weight excluding hydrogens is 368 g/mol. The fourth-order valence-electron chi connectivity index (χ4n) is 4.02. The molecule has 1 spiro atoms. The van der Waals surface area contributed by atoms with Gasteiger partial charge in [0.15, 0.2) is 0 Å². The topological polar surface area (TPSA) is 41.6 Å². The second-order valence-electron chi connectivity index (χ2n) is 7.31. The van der Waals surface area contributed by atoms with E-state index in [1.54, 1.807) is 19.2 Å². The van der Waals surface area contributed by atoms with Gasteiger partial charge in [-0.05, 0) is 67.4 Å². The maximum Gasteiger partial charge on any atom is 0.228 e. The van der Waals surface area contributed by atoms with Crippen LogP contribution in [0.5, 0.6) is 5.75 Å². The minimum Gasteiger partial charge on any atom is -0.495 e. The molecular formula is C20H23ClN2O2S. The summed E-state index contributed by atoms with van der Waals surface area (Å²) in [5.74, 6) is 0.871. The number of hydrogen-bond donors (Lipinski definition) is 1. The number of piperidine rings is 1. The van der Waals surface area contributed by atoms with Crippen molar-refractivity contribution in [2.24, 2.45) is 11.3 Å². The molecule has 0 bridgehead atoms. The molecule has 1 atom stereocenters. The number of benzene rings is 1. The Hall–Kier alpha value is -1.56. The van der Waals surface area contributed by atoms with Gasteiger partial charge >= 0.3 is 0 Å². The minimum absolute atomic E-state index is 0.123. The van der Waals surface area contributed by atoms with Crippen LogP contribution in [0, 0.1) is 11.3 Å². The van der Waals surface area contributed by atoms with Gasteiger partial charge in [-0.3, -0.25) is 9.69 Å². The zero-order valence-corrected chi connectivity index (χ0v) is 16.4. The SMILES string of the molecule is COc1ccc(NC(=O)C2CC23CCN(Cc2cccs2)CC3)cc1Cl. The number of carbonyl (C=O) groups is 1. The highest BCUT2D eigenvalue weighted by Gasteiger charge is 2.58. The average Bonchev–Trinajstić information content (AvgIpc) is 3.08. The molecule has 1 saturated heterocycles. The summed E-state index contributed by atoms with van der Waals surface area (Å²) in [5, 5.41) is 5.67. The summed E-state index contributed by atoms with van der Waals surface area (Å²) in [7, 11) is 1.58. The second kappa shape index (κ2) is 7.22. The van der Waals surface area contributed by atoms with E-state index in [4.69, 9.17) is 16.3 Å². The molecule has 1 amide bonds. The fourth-order valence-corrected chi connectivity index (χ4v) is 5.03. The van der Waals surface area contributed by atoms with Crippen molar-refractivity contribution in [2.45, 2.75) is 25.8 Å². The molecule has 138 valence electrons. The predicted molar refractivity (Wildman–Crippen MR) is 106 cm³/mol. The van der Waals surface area contributed by atoms with Gasteiger partial charge in [0.2, 0.25) is 5.91 Å². The lowest BCUT2D eigenvalue weighted by molar-refractivity contribution is -0.118. The minimum atomic E-state index is 0.123. The van der Waals surface area contributed by atoms with Crippen LogP contribution in [0.1, 0.15) is 24.1 Å². The van der Waals surface area contributed by atoms with Crippen LogP contribution in [0.3, 0.4) is 0 Å².